The molecule has 1 aromatic carbocycles. The smallest absolute Gasteiger partial charge is 0.243 e. The van der Waals surface area contributed by atoms with E-state index in [-0.39, 0.29) is 17.9 Å². The van der Waals surface area contributed by atoms with Crippen molar-refractivity contribution in [3.63, 3.8) is 0 Å². The van der Waals surface area contributed by atoms with Crippen LogP contribution in [0.5, 0.6) is 0 Å². The molecule has 6 nitrogen and oxygen atoms in total. The third-order valence-electron chi connectivity index (χ3n) is 6.06. The second kappa shape index (κ2) is 6.62. The number of fused-ring (bicyclic) bond motifs is 1. The van der Waals surface area contributed by atoms with Crippen molar-refractivity contribution in [2.24, 2.45) is 5.92 Å². The number of hydrogen-bond donors (Lipinski definition) is 0. The van der Waals surface area contributed by atoms with Crippen LogP contribution in [0.15, 0.2) is 23.1 Å². The molecule has 1 saturated carbocycles. The summed E-state index contributed by atoms with van der Waals surface area (Å²) >= 11 is 0. The van der Waals surface area contributed by atoms with Crippen LogP contribution in [0.1, 0.15) is 31.7 Å². The van der Waals surface area contributed by atoms with E-state index < -0.39 is 10.0 Å². The Morgan fingerprint density at radius 1 is 1.12 bits per heavy atom. The highest BCUT2D eigenvalue weighted by molar-refractivity contribution is 7.89. The molecule has 1 saturated heterocycles. The van der Waals surface area contributed by atoms with Gasteiger partial charge in [-0.05, 0) is 57.0 Å². The highest BCUT2D eigenvalue weighted by atomic mass is 32.2. The summed E-state index contributed by atoms with van der Waals surface area (Å²) in [4.78, 5) is 17.1. The predicted molar refractivity (Wildman–Crippen MR) is 101 cm³/mol. The Morgan fingerprint density at radius 3 is 2.42 bits per heavy atom. The molecule has 3 aliphatic rings. The molecule has 0 spiro atoms. The van der Waals surface area contributed by atoms with Gasteiger partial charge in [0.05, 0.1) is 4.90 Å². The Morgan fingerprint density at radius 2 is 1.81 bits per heavy atom. The second-order valence-electron chi connectivity index (χ2n) is 7.89. The van der Waals surface area contributed by atoms with Crippen molar-refractivity contribution in [3.05, 3.63) is 23.8 Å². The number of anilines is 1. The van der Waals surface area contributed by atoms with E-state index in [0.29, 0.717) is 18.0 Å². The fourth-order valence-electron chi connectivity index (χ4n) is 4.13. The summed E-state index contributed by atoms with van der Waals surface area (Å²) in [7, 11) is -1.46. The van der Waals surface area contributed by atoms with Gasteiger partial charge in [0.15, 0.2) is 0 Å². The van der Waals surface area contributed by atoms with Crippen LogP contribution in [-0.2, 0) is 21.2 Å². The minimum absolute atomic E-state index is 0.0969. The molecule has 1 unspecified atom stereocenters. The van der Waals surface area contributed by atoms with Crippen LogP contribution in [-0.4, -0.2) is 62.8 Å². The fourth-order valence-corrected chi connectivity index (χ4v) is 5.61. The number of benzene rings is 1. The van der Waals surface area contributed by atoms with Gasteiger partial charge in [0, 0.05) is 43.8 Å². The first-order valence-electron chi connectivity index (χ1n) is 9.52. The first kappa shape index (κ1) is 17.9. The molecule has 0 aromatic heterocycles. The molecule has 4 rings (SSSR count). The van der Waals surface area contributed by atoms with E-state index in [0.717, 1.165) is 50.0 Å². The van der Waals surface area contributed by atoms with Crippen LogP contribution < -0.4 is 4.90 Å². The second-order valence-corrected chi connectivity index (χ2v) is 9.83. The Labute approximate surface area is 155 Å². The van der Waals surface area contributed by atoms with E-state index in [4.69, 9.17) is 0 Å². The molecule has 26 heavy (non-hydrogen) atoms. The normalized spacial score (nSPS) is 25.2. The van der Waals surface area contributed by atoms with Gasteiger partial charge in [-0.1, -0.05) is 6.42 Å². The van der Waals surface area contributed by atoms with Gasteiger partial charge in [0.25, 0.3) is 0 Å². The topological polar surface area (TPSA) is 60.9 Å². The number of nitrogens with zero attached hydrogens (tertiary/aromatic N) is 3. The van der Waals surface area contributed by atoms with Crippen LogP contribution in [0, 0.1) is 5.92 Å². The maximum Gasteiger partial charge on any atom is 0.243 e. The van der Waals surface area contributed by atoms with Gasteiger partial charge in [-0.25, -0.2) is 8.42 Å². The van der Waals surface area contributed by atoms with Crippen molar-refractivity contribution >= 4 is 21.6 Å². The van der Waals surface area contributed by atoms with Crippen LogP contribution in [0.3, 0.4) is 0 Å². The van der Waals surface area contributed by atoms with E-state index in [1.165, 1.54) is 0 Å². The third-order valence-corrected chi connectivity index (χ3v) is 7.95. The lowest BCUT2D eigenvalue weighted by molar-refractivity contribution is -0.125. The lowest BCUT2D eigenvalue weighted by Crippen LogP contribution is -2.47. The maximum absolute atomic E-state index is 13.0. The zero-order chi connectivity index (χ0) is 18.5. The number of rotatable bonds is 3. The number of piperazine rings is 1. The minimum atomic E-state index is -3.47. The molecule has 0 bridgehead atoms. The molecule has 1 amide bonds. The first-order chi connectivity index (χ1) is 12.4. The lowest BCUT2D eigenvalue weighted by Gasteiger charge is -2.32. The SMILES string of the molecule is CC1Cc2cc(S(=O)(=O)N3CCN(C)CC3)ccc2N1C(=O)C1CCC1. The summed E-state index contributed by atoms with van der Waals surface area (Å²) in [5.41, 5.74) is 1.87. The Hall–Kier alpha value is -1.44. The summed E-state index contributed by atoms with van der Waals surface area (Å²) in [6.07, 6.45) is 3.81. The molecular weight excluding hydrogens is 350 g/mol. The van der Waals surface area contributed by atoms with Crippen molar-refractivity contribution < 1.29 is 13.2 Å². The molecule has 1 aliphatic carbocycles. The van der Waals surface area contributed by atoms with Crippen LogP contribution in [0.25, 0.3) is 0 Å². The van der Waals surface area contributed by atoms with Crippen LogP contribution in [0.4, 0.5) is 5.69 Å². The van der Waals surface area contributed by atoms with Gasteiger partial charge in [-0.2, -0.15) is 4.31 Å². The number of likely N-dealkylation sites (N-methyl/N-ethyl adjacent to an activating group) is 1. The van der Waals surface area contributed by atoms with Crippen LogP contribution in [0.2, 0.25) is 0 Å². The third kappa shape index (κ3) is 2.96. The molecule has 142 valence electrons. The zero-order valence-corrected chi connectivity index (χ0v) is 16.3. The summed E-state index contributed by atoms with van der Waals surface area (Å²) in [6, 6.07) is 5.39. The number of hydrogen-bond acceptors (Lipinski definition) is 4. The Balaban J connectivity index is 1.60. The molecule has 0 N–H and O–H groups in total. The van der Waals surface area contributed by atoms with Gasteiger partial charge in [0.1, 0.15) is 0 Å². The summed E-state index contributed by atoms with van der Waals surface area (Å²) < 4.78 is 27.5. The fraction of sp³-hybridized carbons (Fsp3) is 0.632. The summed E-state index contributed by atoms with van der Waals surface area (Å²) in [6.45, 7) is 4.61. The highest BCUT2D eigenvalue weighted by Crippen LogP contribution is 2.38. The standard InChI is InChI=1S/C19H27N3O3S/c1-14-12-16-13-17(26(24,25)21-10-8-20(2)9-11-21)6-7-18(16)22(14)19(23)15-4-3-5-15/h6-7,13-15H,3-5,8-12H2,1-2H3. The van der Waals surface area contributed by atoms with Crippen molar-refractivity contribution in [2.75, 3.05) is 38.1 Å². The summed E-state index contributed by atoms with van der Waals surface area (Å²) in [5, 5.41) is 0. The van der Waals surface area contributed by atoms with E-state index in [1.807, 2.05) is 24.9 Å². The predicted octanol–water partition coefficient (Wildman–Crippen LogP) is 1.70. The van der Waals surface area contributed by atoms with Gasteiger partial charge < -0.3 is 9.80 Å². The average Bonchev–Trinajstić information content (AvgIpc) is 2.88. The number of carbonyl (C=O) groups is 1. The van der Waals surface area contributed by atoms with E-state index in [2.05, 4.69) is 4.90 Å². The Kier molecular flexibility index (Phi) is 4.57. The highest BCUT2D eigenvalue weighted by Gasteiger charge is 2.38. The maximum atomic E-state index is 13.0. The van der Waals surface area contributed by atoms with E-state index in [1.54, 1.807) is 16.4 Å². The van der Waals surface area contributed by atoms with Crippen molar-refractivity contribution in [3.8, 4) is 0 Å². The van der Waals surface area contributed by atoms with Gasteiger partial charge in [-0.3, -0.25) is 4.79 Å². The van der Waals surface area contributed by atoms with Crippen molar-refractivity contribution in [2.45, 2.75) is 43.5 Å². The van der Waals surface area contributed by atoms with Crippen molar-refractivity contribution in [1.82, 2.24) is 9.21 Å². The van der Waals surface area contributed by atoms with Crippen molar-refractivity contribution in [1.29, 1.82) is 0 Å². The largest absolute Gasteiger partial charge is 0.309 e. The molecule has 0 radical (unpaired) electrons. The molecule has 2 fully saturated rings. The number of sulfonamides is 1. The summed E-state index contributed by atoms with van der Waals surface area (Å²) in [5.74, 6) is 0.356. The molecule has 2 heterocycles. The zero-order valence-electron chi connectivity index (χ0n) is 15.5. The first-order valence-corrected chi connectivity index (χ1v) is 11.0. The Bertz CT molecular complexity index is 811. The van der Waals surface area contributed by atoms with Crippen LogP contribution >= 0.6 is 0 Å². The van der Waals surface area contributed by atoms with Gasteiger partial charge >= 0.3 is 0 Å². The minimum Gasteiger partial charge on any atom is -0.309 e. The van der Waals surface area contributed by atoms with E-state index >= 15 is 0 Å². The molecule has 1 aromatic rings. The quantitative estimate of drug-likeness (QED) is 0.804. The molecule has 7 heteroatoms. The van der Waals surface area contributed by atoms with Gasteiger partial charge in [0.2, 0.25) is 15.9 Å². The molecule has 1 atom stereocenters. The van der Waals surface area contributed by atoms with Gasteiger partial charge in [-0.15, -0.1) is 0 Å². The van der Waals surface area contributed by atoms with E-state index in [9.17, 15) is 13.2 Å². The molecule has 2 aliphatic heterocycles. The number of carbonyl (C=O) groups excluding carboxylic acids is 1. The number of amides is 1. The molecular formula is C19H27N3O3S. The lowest BCUT2D eigenvalue weighted by atomic mass is 9.84. The average molecular weight is 378 g/mol. The monoisotopic (exact) mass is 377 g/mol.